The second-order valence-electron chi connectivity index (χ2n) is 6.00. The first kappa shape index (κ1) is 15.8. The Labute approximate surface area is 123 Å². The second kappa shape index (κ2) is 5.65. The molecule has 1 aromatic rings. The Hall–Kier alpha value is -1.60. The molecule has 7 heteroatoms. The summed E-state index contributed by atoms with van der Waals surface area (Å²) in [6.07, 6.45) is -0.246. The third-order valence-corrected chi connectivity index (χ3v) is 4.48. The Bertz CT molecular complexity index is 570. The molecule has 1 aliphatic heterocycles. The number of aromatic amines is 1. The van der Waals surface area contributed by atoms with Crippen molar-refractivity contribution in [1.82, 2.24) is 9.97 Å². The maximum atomic E-state index is 11.9. The Morgan fingerprint density at radius 1 is 1.52 bits per heavy atom. The van der Waals surface area contributed by atoms with Crippen LogP contribution in [0.4, 0.5) is 11.5 Å². The van der Waals surface area contributed by atoms with Crippen LogP contribution in [0, 0.1) is 12.8 Å². The molecule has 0 amide bonds. The molecule has 7 nitrogen and oxygen atoms in total. The SMILES string of the molecule is CCC(C)(O)C(C)C(O)C1CNc2nc(C)[nH]c(=O)c2N1. The summed E-state index contributed by atoms with van der Waals surface area (Å²) in [6.45, 7) is 7.55. The van der Waals surface area contributed by atoms with Gasteiger partial charge in [0.25, 0.3) is 5.56 Å². The minimum atomic E-state index is -0.959. The summed E-state index contributed by atoms with van der Waals surface area (Å²) in [6, 6.07) is -0.365. The van der Waals surface area contributed by atoms with Crippen LogP contribution in [0.2, 0.25) is 0 Å². The number of nitrogens with one attached hydrogen (secondary N) is 3. The van der Waals surface area contributed by atoms with Crippen LogP contribution in [-0.2, 0) is 0 Å². The van der Waals surface area contributed by atoms with Crippen LogP contribution in [0.15, 0.2) is 4.79 Å². The largest absolute Gasteiger partial charge is 0.391 e. The lowest BCUT2D eigenvalue weighted by molar-refractivity contribution is -0.0574. The fraction of sp³-hybridized carbons (Fsp3) is 0.714. The first-order chi connectivity index (χ1) is 9.76. The molecule has 1 aromatic heterocycles. The third kappa shape index (κ3) is 3.03. The van der Waals surface area contributed by atoms with Gasteiger partial charge in [-0.05, 0) is 20.3 Å². The van der Waals surface area contributed by atoms with Gasteiger partial charge in [-0.15, -0.1) is 0 Å². The number of aryl methyl sites for hydroxylation is 1. The number of H-pyrrole nitrogens is 1. The van der Waals surface area contributed by atoms with Crippen LogP contribution in [-0.4, -0.2) is 44.5 Å². The van der Waals surface area contributed by atoms with Crippen LogP contribution in [0.5, 0.6) is 0 Å². The van der Waals surface area contributed by atoms with Crippen LogP contribution >= 0.6 is 0 Å². The first-order valence-electron chi connectivity index (χ1n) is 7.28. The van der Waals surface area contributed by atoms with E-state index in [1.165, 1.54) is 0 Å². The molecule has 1 aliphatic rings. The van der Waals surface area contributed by atoms with Crippen molar-refractivity contribution in [1.29, 1.82) is 0 Å². The van der Waals surface area contributed by atoms with E-state index in [9.17, 15) is 15.0 Å². The quantitative estimate of drug-likeness (QED) is 0.551. The van der Waals surface area contributed by atoms with E-state index >= 15 is 0 Å². The highest BCUT2D eigenvalue weighted by Crippen LogP contribution is 2.28. The van der Waals surface area contributed by atoms with Gasteiger partial charge in [-0.2, -0.15) is 0 Å². The van der Waals surface area contributed by atoms with Gasteiger partial charge in [0.05, 0.1) is 17.7 Å². The summed E-state index contributed by atoms with van der Waals surface area (Å²) in [4.78, 5) is 18.8. The number of hydrogen-bond acceptors (Lipinski definition) is 6. The number of aliphatic hydroxyl groups is 2. The van der Waals surface area contributed by atoms with E-state index in [0.29, 0.717) is 30.3 Å². The molecule has 4 atom stereocenters. The molecule has 0 spiro atoms. The van der Waals surface area contributed by atoms with Gasteiger partial charge in [0.1, 0.15) is 11.5 Å². The minimum absolute atomic E-state index is 0.267. The van der Waals surface area contributed by atoms with E-state index < -0.39 is 11.7 Å². The standard InChI is InChI=1S/C14H24N4O3/c1-5-14(4,21)7(2)11(19)9-6-15-12-10(18-9)13(20)17-8(3)16-12/h7,9,11,18-19,21H,5-6H2,1-4H3,(H2,15,16,17,20). The highest BCUT2D eigenvalue weighted by Gasteiger charge is 2.37. The summed E-state index contributed by atoms with van der Waals surface area (Å²) in [7, 11) is 0. The van der Waals surface area contributed by atoms with Crippen molar-refractivity contribution < 1.29 is 10.2 Å². The smallest absolute Gasteiger partial charge is 0.276 e. The maximum absolute atomic E-state index is 11.9. The average Bonchev–Trinajstić information content (AvgIpc) is 2.45. The zero-order valence-corrected chi connectivity index (χ0v) is 12.9. The van der Waals surface area contributed by atoms with Gasteiger partial charge in [0.2, 0.25) is 0 Å². The summed E-state index contributed by atoms with van der Waals surface area (Å²) >= 11 is 0. The van der Waals surface area contributed by atoms with Crippen molar-refractivity contribution >= 4 is 11.5 Å². The molecule has 2 rings (SSSR count). The molecule has 0 bridgehead atoms. The van der Waals surface area contributed by atoms with Crippen LogP contribution in [0.3, 0.4) is 0 Å². The number of rotatable bonds is 4. The maximum Gasteiger partial charge on any atom is 0.276 e. The molecule has 118 valence electrons. The van der Waals surface area contributed by atoms with E-state index in [-0.39, 0.29) is 17.5 Å². The zero-order valence-electron chi connectivity index (χ0n) is 12.9. The monoisotopic (exact) mass is 296 g/mol. The van der Waals surface area contributed by atoms with Crippen LogP contribution in [0.1, 0.15) is 33.0 Å². The topological polar surface area (TPSA) is 110 Å². The lowest BCUT2D eigenvalue weighted by Crippen LogP contribution is -2.52. The molecular weight excluding hydrogens is 272 g/mol. The van der Waals surface area contributed by atoms with Gasteiger partial charge in [0.15, 0.2) is 5.82 Å². The van der Waals surface area contributed by atoms with Crippen molar-refractivity contribution in [2.75, 3.05) is 17.2 Å². The van der Waals surface area contributed by atoms with E-state index in [2.05, 4.69) is 20.6 Å². The van der Waals surface area contributed by atoms with Crippen LogP contribution in [0.25, 0.3) is 0 Å². The number of aliphatic hydroxyl groups excluding tert-OH is 1. The average molecular weight is 296 g/mol. The lowest BCUT2D eigenvalue weighted by Gasteiger charge is -2.38. The first-order valence-corrected chi connectivity index (χ1v) is 7.28. The predicted molar refractivity (Wildman–Crippen MR) is 81.6 cm³/mol. The molecule has 0 radical (unpaired) electrons. The number of nitrogens with zero attached hydrogens (tertiary/aromatic N) is 1. The van der Waals surface area contributed by atoms with Gasteiger partial charge in [-0.25, -0.2) is 4.98 Å². The third-order valence-electron chi connectivity index (χ3n) is 4.48. The van der Waals surface area contributed by atoms with Crippen molar-refractivity contribution in [2.45, 2.75) is 51.9 Å². The molecular formula is C14H24N4O3. The van der Waals surface area contributed by atoms with Crippen molar-refractivity contribution in [3.8, 4) is 0 Å². The molecule has 0 saturated carbocycles. The summed E-state index contributed by atoms with van der Waals surface area (Å²) in [5.74, 6) is 0.699. The van der Waals surface area contributed by atoms with Crippen molar-refractivity contribution in [3.05, 3.63) is 16.2 Å². The number of fused-ring (bicyclic) bond motifs is 1. The van der Waals surface area contributed by atoms with Crippen LogP contribution < -0.4 is 16.2 Å². The Balaban J connectivity index is 2.20. The van der Waals surface area contributed by atoms with E-state index in [1.807, 2.05) is 13.8 Å². The highest BCUT2D eigenvalue weighted by atomic mass is 16.3. The van der Waals surface area contributed by atoms with Crippen molar-refractivity contribution in [3.63, 3.8) is 0 Å². The molecule has 4 unspecified atom stereocenters. The number of anilines is 2. The molecule has 2 heterocycles. The van der Waals surface area contributed by atoms with Gasteiger partial charge < -0.3 is 25.8 Å². The highest BCUT2D eigenvalue weighted by molar-refractivity contribution is 5.66. The molecule has 0 fully saturated rings. The number of hydrogen-bond donors (Lipinski definition) is 5. The van der Waals surface area contributed by atoms with Gasteiger partial charge in [-0.1, -0.05) is 13.8 Å². The van der Waals surface area contributed by atoms with Gasteiger partial charge in [-0.3, -0.25) is 4.79 Å². The predicted octanol–water partition coefficient (Wildman–Crippen LogP) is 0.442. The summed E-state index contributed by atoms with van der Waals surface area (Å²) in [5.41, 5.74) is -0.893. The fourth-order valence-electron chi connectivity index (χ4n) is 2.54. The Morgan fingerprint density at radius 2 is 2.19 bits per heavy atom. The number of aromatic nitrogens is 2. The van der Waals surface area contributed by atoms with Gasteiger partial charge in [0, 0.05) is 12.5 Å². The molecule has 5 N–H and O–H groups in total. The zero-order chi connectivity index (χ0) is 15.8. The molecule has 21 heavy (non-hydrogen) atoms. The lowest BCUT2D eigenvalue weighted by atomic mass is 9.81. The molecule has 0 saturated heterocycles. The summed E-state index contributed by atoms with van der Waals surface area (Å²) < 4.78 is 0. The fourth-order valence-corrected chi connectivity index (χ4v) is 2.54. The van der Waals surface area contributed by atoms with E-state index in [4.69, 9.17) is 0 Å². The van der Waals surface area contributed by atoms with Crippen molar-refractivity contribution in [2.24, 2.45) is 5.92 Å². The van der Waals surface area contributed by atoms with E-state index in [0.717, 1.165) is 0 Å². The Kier molecular flexibility index (Phi) is 4.25. The normalized spacial score (nSPS) is 23.2. The molecule has 0 aromatic carbocycles. The van der Waals surface area contributed by atoms with Gasteiger partial charge >= 0.3 is 0 Å². The molecule has 0 aliphatic carbocycles. The van der Waals surface area contributed by atoms with E-state index in [1.54, 1.807) is 13.8 Å². The summed E-state index contributed by atoms with van der Waals surface area (Å²) in [5, 5.41) is 26.9. The minimum Gasteiger partial charge on any atom is -0.391 e. The second-order valence-corrected chi connectivity index (χ2v) is 6.00. The Morgan fingerprint density at radius 3 is 2.81 bits per heavy atom.